The molecule has 3 aromatic rings. The summed E-state index contributed by atoms with van der Waals surface area (Å²) < 4.78 is 16.6. The Morgan fingerprint density at radius 3 is 2.64 bits per heavy atom. The van der Waals surface area contributed by atoms with Gasteiger partial charge in [0.2, 0.25) is 5.95 Å². The van der Waals surface area contributed by atoms with E-state index in [2.05, 4.69) is 10.2 Å². The number of thiophene rings is 1. The van der Waals surface area contributed by atoms with Crippen molar-refractivity contribution in [3.63, 3.8) is 0 Å². The minimum atomic E-state index is -0.115. The van der Waals surface area contributed by atoms with Crippen molar-refractivity contribution in [1.29, 1.82) is 0 Å². The number of hydrogen-bond donors (Lipinski definition) is 1. The number of aromatic nitrogens is 2. The summed E-state index contributed by atoms with van der Waals surface area (Å²) >= 11 is 7.72. The highest BCUT2D eigenvalue weighted by molar-refractivity contribution is 7.22. The maximum absolute atomic E-state index is 12.1. The van der Waals surface area contributed by atoms with Gasteiger partial charge in [0, 0.05) is 19.6 Å². The maximum Gasteiger partial charge on any atom is 0.309 e. The Morgan fingerprint density at radius 1 is 1.18 bits per heavy atom. The van der Waals surface area contributed by atoms with E-state index in [1.54, 1.807) is 14.2 Å². The number of methoxy groups -OCH3 is 2. The highest BCUT2D eigenvalue weighted by atomic mass is 35.5. The fourth-order valence-corrected chi connectivity index (χ4v) is 4.99. The first-order valence-corrected chi connectivity index (χ1v) is 12.0. The molecule has 1 saturated heterocycles. The lowest BCUT2D eigenvalue weighted by atomic mass is 9.97. The summed E-state index contributed by atoms with van der Waals surface area (Å²) in [5.41, 5.74) is 1.03. The first-order valence-electron chi connectivity index (χ1n) is 10.9. The van der Waals surface area contributed by atoms with E-state index in [0.29, 0.717) is 48.0 Å². The Bertz CT molecular complexity index is 1130. The van der Waals surface area contributed by atoms with Gasteiger partial charge in [-0.25, -0.2) is 4.98 Å². The first kappa shape index (κ1) is 23.4. The van der Waals surface area contributed by atoms with Gasteiger partial charge in [0.15, 0.2) is 11.5 Å². The second-order valence-electron chi connectivity index (χ2n) is 7.70. The van der Waals surface area contributed by atoms with Crippen molar-refractivity contribution in [3.05, 3.63) is 34.2 Å². The molecule has 10 heteroatoms. The summed E-state index contributed by atoms with van der Waals surface area (Å²) in [5.74, 6) is 2.54. The van der Waals surface area contributed by atoms with Crippen LogP contribution in [-0.2, 0) is 16.1 Å². The van der Waals surface area contributed by atoms with Gasteiger partial charge in [-0.2, -0.15) is 4.98 Å². The average molecular weight is 491 g/mol. The van der Waals surface area contributed by atoms with Gasteiger partial charge >= 0.3 is 5.97 Å². The van der Waals surface area contributed by atoms with E-state index in [0.717, 1.165) is 34.4 Å². The molecule has 2 aromatic heterocycles. The zero-order valence-electron chi connectivity index (χ0n) is 18.9. The molecule has 0 bridgehead atoms. The summed E-state index contributed by atoms with van der Waals surface area (Å²) in [7, 11) is 3.23. The van der Waals surface area contributed by atoms with Crippen molar-refractivity contribution in [2.45, 2.75) is 26.3 Å². The van der Waals surface area contributed by atoms with Gasteiger partial charge in [-0.3, -0.25) is 4.79 Å². The molecule has 0 atom stereocenters. The number of anilines is 2. The molecule has 0 radical (unpaired) electrons. The van der Waals surface area contributed by atoms with Crippen molar-refractivity contribution in [2.24, 2.45) is 5.92 Å². The zero-order valence-corrected chi connectivity index (χ0v) is 20.5. The van der Waals surface area contributed by atoms with Crippen LogP contribution in [0, 0.1) is 5.92 Å². The summed E-state index contributed by atoms with van der Waals surface area (Å²) in [5, 5.41) is 4.31. The van der Waals surface area contributed by atoms with E-state index in [9.17, 15) is 4.79 Å². The highest BCUT2D eigenvalue weighted by Gasteiger charge is 2.27. The lowest BCUT2D eigenvalue weighted by Gasteiger charge is -2.31. The van der Waals surface area contributed by atoms with Crippen molar-refractivity contribution >= 4 is 50.9 Å². The van der Waals surface area contributed by atoms with Crippen LogP contribution in [-0.4, -0.2) is 49.9 Å². The van der Waals surface area contributed by atoms with Crippen LogP contribution < -0.4 is 19.7 Å². The molecule has 1 aliphatic rings. The Morgan fingerprint density at radius 2 is 1.94 bits per heavy atom. The third-order valence-corrected chi connectivity index (χ3v) is 6.81. The zero-order chi connectivity index (χ0) is 23.4. The molecule has 0 saturated carbocycles. The van der Waals surface area contributed by atoms with Crippen LogP contribution in [0.3, 0.4) is 0 Å². The molecule has 33 heavy (non-hydrogen) atoms. The molecule has 0 unspecified atom stereocenters. The quantitative estimate of drug-likeness (QED) is 0.452. The molecule has 1 fully saturated rings. The molecule has 1 aliphatic heterocycles. The molecule has 8 nitrogen and oxygen atoms in total. The number of carbonyl (C=O) groups is 1. The van der Waals surface area contributed by atoms with Gasteiger partial charge in [0.05, 0.1) is 36.5 Å². The van der Waals surface area contributed by atoms with Crippen molar-refractivity contribution in [3.8, 4) is 11.5 Å². The van der Waals surface area contributed by atoms with Gasteiger partial charge in [0.1, 0.15) is 10.6 Å². The van der Waals surface area contributed by atoms with E-state index in [-0.39, 0.29) is 11.9 Å². The average Bonchev–Trinajstić information content (AvgIpc) is 3.22. The van der Waals surface area contributed by atoms with Crippen LogP contribution in [0.5, 0.6) is 11.5 Å². The molecule has 176 valence electrons. The topological polar surface area (TPSA) is 85.8 Å². The largest absolute Gasteiger partial charge is 0.493 e. The minimum Gasteiger partial charge on any atom is -0.493 e. The smallest absolute Gasteiger partial charge is 0.309 e. The Balaban J connectivity index is 1.53. The highest BCUT2D eigenvalue weighted by Crippen LogP contribution is 2.35. The molecular formula is C23H27ClN4O4S. The van der Waals surface area contributed by atoms with E-state index in [1.807, 2.05) is 31.2 Å². The number of hydrogen-bond acceptors (Lipinski definition) is 9. The minimum absolute atomic E-state index is 0.0660. The second-order valence-corrected chi connectivity index (χ2v) is 9.36. The SMILES string of the molecule is CCOC(=O)C1CCN(c2nc(NCc3ccc(OC)c(OC)c3)c3cc(Cl)sc3n2)CC1. The van der Waals surface area contributed by atoms with Crippen LogP contribution in [0.4, 0.5) is 11.8 Å². The molecule has 0 amide bonds. The van der Waals surface area contributed by atoms with Gasteiger partial charge in [0.25, 0.3) is 0 Å². The first-order chi connectivity index (χ1) is 16.0. The number of nitrogens with zero attached hydrogens (tertiary/aromatic N) is 3. The number of ether oxygens (including phenoxy) is 3. The fraction of sp³-hybridized carbons (Fsp3) is 0.435. The number of carbonyl (C=O) groups excluding carboxylic acids is 1. The van der Waals surface area contributed by atoms with Gasteiger partial charge in [-0.1, -0.05) is 17.7 Å². The van der Waals surface area contributed by atoms with Crippen molar-refractivity contribution in [1.82, 2.24) is 9.97 Å². The number of benzene rings is 1. The van der Waals surface area contributed by atoms with E-state index in [1.165, 1.54) is 11.3 Å². The van der Waals surface area contributed by atoms with Crippen molar-refractivity contribution < 1.29 is 19.0 Å². The van der Waals surface area contributed by atoms with E-state index < -0.39 is 0 Å². The third kappa shape index (κ3) is 5.25. The maximum atomic E-state index is 12.1. The number of nitrogens with one attached hydrogen (secondary N) is 1. The monoisotopic (exact) mass is 490 g/mol. The number of piperidine rings is 1. The third-order valence-electron chi connectivity index (χ3n) is 5.66. The van der Waals surface area contributed by atoms with Crippen LogP contribution >= 0.6 is 22.9 Å². The number of halogens is 1. The van der Waals surface area contributed by atoms with Crippen LogP contribution in [0.25, 0.3) is 10.2 Å². The van der Waals surface area contributed by atoms with Crippen LogP contribution in [0.2, 0.25) is 4.34 Å². The summed E-state index contributed by atoms with van der Waals surface area (Å²) in [6.45, 7) is 4.18. The predicted molar refractivity (Wildman–Crippen MR) is 131 cm³/mol. The predicted octanol–water partition coefficient (Wildman–Crippen LogP) is 4.75. The molecular weight excluding hydrogens is 464 g/mol. The summed E-state index contributed by atoms with van der Waals surface area (Å²) in [6, 6.07) is 7.68. The van der Waals surface area contributed by atoms with Gasteiger partial charge in [-0.05, 0) is 43.5 Å². The molecule has 1 aromatic carbocycles. The Hall–Kier alpha value is -2.78. The Labute approximate surface area is 201 Å². The summed E-state index contributed by atoms with van der Waals surface area (Å²) in [6.07, 6.45) is 1.44. The lowest BCUT2D eigenvalue weighted by Crippen LogP contribution is -2.38. The fourth-order valence-electron chi connectivity index (χ4n) is 3.91. The van der Waals surface area contributed by atoms with Crippen LogP contribution in [0.15, 0.2) is 24.3 Å². The van der Waals surface area contributed by atoms with Gasteiger partial charge in [-0.15, -0.1) is 11.3 Å². The molecule has 4 rings (SSSR count). The van der Waals surface area contributed by atoms with E-state index in [4.69, 9.17) is 35.8 Å². The standard InChI is InChI=1S/C23H27ClN4O4S/c1-4-32-22(29)15-7-9-28(10-8-15)23-26-20(16-12-19(24)33-21(16)27-23)25-13-14-5-6-17(30-2)18(11-14)31-3/h5-6,11-12,15H,4,7-10,13H2,1-3H3,(H,25,26,27). The summed E-state index contributed by atoms with van der Waals surface area (Å²) in [4.78, 5) is 24.6. The normalized spacial score (nSPS) is 14.4. The number of fused-ring (bicyclic) bond motifs is 1. The lowest BCUT2D eigenvalue weighted by molar-refractivity contribution is -0.148. The number of rotatable bonds is 8. The molecule has 1 N–H and O–H groups in total. The molecule has 3 heterocycles. The van der Waals surface area contributed by atoms with E-state index >= 15 is 0 Å². The van der Waals surface area contributed by atoms with Gasteiger partial charge < -0.3 is 24.4 Å². The second kappa shape index (κ2) is 10.4. The molecule has 0 aliphatic carbocycles. The van der Waals surface area contributed by atoms with Crippen LogP contribution in [0.1, 0.15) is 25.3 Å². The molecule has 0 spiro atoms. The Kier molecular flexibility index (Phi) is 7.39. The number of esters is 1. The van der Waals surface area contributed by atoms with Crippen molar-refractivity contribution in [2.75, 3.05) is 44.1 Å².